The van der Waals surface area contributed by atoms with E-state index < -0.39 is 0 Å². The smallest absolute Gasteiger partial charge is 0.0471 e. The number of aromatic nitrogens is 1. The largest absolute Gasteiger partial charge is 0.361 e. The van der Waals surface area contributed by atoms with Crippen molar-refractivity contribution in [3.8, 4) is 0 Å². The van der Waals surface area contributed by atoms with Crippen LogP contribution in [0.25, 0.3) is 10.9 Å². The molecule has 0 bridgehead atoms. The van der Waals surface area contributed by atoms with Gasteiger partial charge in [-0.05, 0) is 43.6 Å². The fourth-order valence-electron chi connectivity index (χ4n) is 2.25. The Labute approximate surface area is 100 Å². The molecular weight excluding hydrogens is 220 g/mol. The number of aromatic amines is 1. The number of likely N-dealkylation sites (tertiary alicyclic amines) is 1. The lowest BCUT2D eigenvalue weighted by Crippen LogP contribution is -2.38. The summed E-state index contributed by atoms with van der Waals surface area (Å²) in [5.74, 6) is 0. The molecule has 1 aliphatic rings. The van der Waals surface area contributed by atoms with E-state index >= 15 is 0 Å². The molecule has 1 saturated heterocycles. The molecule has 0 unspecified atom stereocenters. The Kier molecular flexibility index (Phi) is 2.62. The molecule has 0 spiro atoms. The number of H-pyrrole nitrogens is 1. The third-order valence-corrected chi connectivity index (χ3v) is 3.61. The highest BCUT2D eigenvalue weighted by atomic mass is 35.5. The van der Waals surface area contributed by atoms with Gasteiger partial charge in [0.05, 0.1) is 0 Å². The van der Waals surface area contributed by atoms with E-state index in [4.69, 9.17) is 11.6 Å². The van der Waals surface area contributed by atoms with Crippen LogP contribution in [-0.2, 0) is 6.42 Å². The molecule has 0 radical (unpaired) electrons. The van der Waals surface area contributed by atoms with Crippen LogP contribution in [0.3, 0.4) is 0 Å². The summed E-state index contributed by atoms with van der Waals surface area (Å²) >= 11 is 5.96. The predicted octanol–water partition coefficient (Wildman–Crippen LogP) is 3.07. The normalized spacial score (nSPS) is 16.6. The highest BCUT2D eigenvalue weighted by molar-refractivity contribution is 6.31. The number of nitrogens with zero attached hydrogens (tertiary/aromatic N) is 1. The maximum absolute atomic E-state index is 5.96. The third-order valence-electron chi connectivity index (χ3n) is 3.38. The summed E-state index contributed by atoms with van der Waals surface area (Å²) in [6.07, 6.45) is 4.60. The fourth-order valence-corrected chi connectivity index (χ4v) is 2.42. The minimum absolute atomic E-state index is 0.795. The van der Waals surface area contributed by atoms with Crippen molar-refractivity contribution in [2.75, 3.05) is 19.6 Å². The van der Waals surface area contributed by atoms with E-state index in [0.29, 0.717) is 0 Å². The quantitative estimate of drug-likeness (QED) is 0.865. The zero-order chi connectivity index (χ0) is 11.0. The lowest BCUT2D eigenvalue weighted by molar-refractivity contribution is 0.184. The third kappa shape index (κ3) is 1.83. The van der Waals surface area contributed by atoms with Crippen molar-refractivity contribution in [1.82, 2.24) is 9.88 Å². The first-order valence-electron chi connectivity index (χ1n) is 5.81. The Morgan fingerprint density at radius 1 is 1.31 bits per heavy atom. The van der Waals surface area contributed by atoms with Crippen molar-refractivity contribution >= 4 is 22.5 Å². The highest BCUT2D eigenvalue weighted by Crippen LogP contribution is 2.22. The van der Waals surface area contributed by atoms with E-state index in [1.165, 1.54) is 37.0 Å². The zero-order valence-corrected chi connectivity index (χ0v) is 9.93. The van der Waals surface area contributed by atoms with Crippen molar-refractivity contribution in [3.05, 3.63) is 35.0 Å². The van der Waals surface area contributed by atoms with Crippen LogP contribution in [0.1, 0.15) is 12.0 Å². The van der Waals surface area contributed by atoms with Crippen LogP contribution in [-0.4, -0.2) is 29.5 Å². The second kappa shape index (κ2) is 4.11. The van der Waals surface area contributed by atoms with Gasteiger partial charge < -0.3 is 9.88 Å². The molecule has 1 aliphatic heterocycles. The van der Waals surface area contributed by atoms with Gasteiger partial charge in [-0.1, -0.05) is 17.7 Å². The van der Waals surface area contributed by atoms with Crippen LogP contribution in [0, 0.1) is 0 Å². The van der Waals surface area contributed by atoms with Gasteiger partial charge in [0.15, 0.2) is 0 Å². The summed E-state index contributed by atoms with van der Waals surface area (Å²) < 4.78 is 0. The molecule has 0 aliphatic carbocycles. The minimum atomic E-state index is 0.795. The number of nitrogens with one attached hydrogen (secondary N) is 1. The SMILES string of the molecule is Clc1ccc2c(CCN3CCC3)c[nH]c2c1. The number of benzene rings is 1. The molecule has 2 heterocycles. The van der Waals surface area contributed by atoms with Crippen molar-refractivity contribution in [2.45, 2.75) is 12.8 Å². The fraction of sp³-hybridized carbons (Fsp3) is 0.385. The summed E-state index contributed by atoms with van der Waals surface area (Å²) in [4.78, 5) is 5.78. The van der Waals surface area contributed by atoms with Gasteiger partial charge in [0.1, 0.15) is 0 Å². The number of hydrogen-bond donors (Lipinski definition) is 1. The van der Waals surface area contributed by atoms with Crippen molar-refractivity contribution in [1.29, 1.82) is 0 Å². The van der Waals surface area contributed by atoms with E-state index in [1.54, 1.807) is 0 Å². The lowest BCUT2D eigenvalue weighted by atomic mass is 10.1. The van der Waals surface area contributed by atoms with Crippen LogP contribution in [0.5, 0.6) is 0 Å². The molecule has 1 fully saturated rings. The molecule has 3 heteroatoms. The van der Waals surface area contributed by atoms with Gasteiger partial charge in [0.2, 0.25) is 0 Å². The summed E-state index contributed by atoms with van der Waals surface area (Å²) in [6, 6.07) is 6.06. The minimum Gasteiger partial charge on any atom is -0.361 e. The molecular formula is C13H15ClN2. The molecule has 0 amide bonds. The van der Waals surface area contributed by atoms with E-state index in [0.717, 1.165) is 17.0 Å². The first-order valence-corrected chi connectivity index (χ1v) is 6.18. The predicted molar refractivity (Wildman–Crippen MR) is 68.1 cm³/mol. The average Bonchev–Trinajstić information content (AvgIpc) is 2.58. The van der Waals surface area contributed by atoms with Crippen molar-refractivity contribution < 1.29 is 0 Å². The molecule has 84 valence electrons. The number of halogens is 1. The van der Waals surface area contributed by atoms with Crippen molar-refractivity contribution in [2.24, 2.45) is 0 Å². The lowest BCUT2D eigenvalue weighted by Gasteiger charge is -2.30. The van der Waals surface area contributed by atoms with Gasteiger partial charge in [-0.3, -0.25) is 0 Å². The standard InChI is InChI=1S/C13H15ClN2/c14-11-2-3-12-10(9-15-13(12)8-11)4-7-16-5-1-6-16/h2-3,8-9,15H,1,4-7H2. The van der Waals surface area contributed by atoms with E-state index in [-0.39, 0.29) is 0 Å². The molecule has 2 aromatic rings. The molecule has 0 saturated carbocycles. The number of hydrogen-bond acceptors (Lipinski definition) is 1. The first-order chi connectivity index (χ1) is 7.83. The Bertz CT molecular complexity index is 500. The topological polar surface area (TPSA) is 19.0 Å². The summed E-state index contributed by atoms with van der Waals surface area (Å²) in [5.41, 5.74) is 2.55. The molecule has 1 aromatic heterocycles. The molecule has 1 aromatic carbocycles. The Hall–Kier alpha value is -0.990. The Balaban J connectivity index is 1.80. The summed E-state index contributed by atoms with van der Waals surface area (Å²) in [7, 11) is 0. The van der Waals surface area contributed by atoms with Gasteiger partial charge in [-0.25, -0.2) is 0 Å². The molecule has 16 heavy (non-hydrogen) atoms. The molecule has 0 atom stereocenters. The van der Waals surface area contributed by atoms with Crippen molar-refractivity contribution in [3.63, 3.8) is 0 Å². The molecule has 3 rings (SSSR count). The van der Waals surface area contributed by atoms with Gasteiger partial charge in [-0.2, -0.15) is 0 Å². The maximum Gasteiger partial charge on any atom is 0.0471 e. The maximum atomic E-state index is 5.96. The van der Waals surface area contributed by atoms with Gasteiger partial charge in [0.25, 0.3) is 0 Å². The van der Waals surface area contributed by atoms with Crippen LogP contribution in [0.4, 0.5) is 0 Å². The van der Waals surface area contributed by atoms with Crippen LogP contribution >= 0.6 is 11.6 Å². The van der Waals surface area contributed by atoms with Crippen LogP contribution in [0.15, 0.2) is 24.4 Å². The number of fused-ring (bicyclic) bond motifs is 1. The zero-order valence-electron chi connectivity index (χ0n) is 9.17. The van der Waals surface area contributed by atoms with Gasteiger partial charge in [0, 0.05) is 28.7 Å². The number of rotatable bonds is 3. The van der Waals surface area contributed by atoms with E-state index in [9.17, 15) is 0 Å². The Morgan fingerprint density at radius 3 is 2.94 bits per heavy atom. The second-order valence-corrected chi connectivity index (χ2v) is 4.89. The van der Waals surface area contributed by atoms with Crippen LogP contribution < -0.4 is 0 Å². The van der Waals surface area contributed by atoms with Crippen LogP contribution in [0.2, 0.25) is 5.02 Å². The summed E-state index contributed by atoms with van der Waals surface area (Å²) in [6.45, 7) is 3.72. The van der Waals surface area contributed by atoms with E-state index in [2.05, 4.69) is 22.1 Å². The second-order valence-electron chi connectivity index (χ2n) is 4.45. The van der Waals surface area contributed by atoms with E-state index in [1.807, 2.05) is 12.1 Å². The van der Waals surface area contributed by atoms with Gasteiger partial charge in [-0.15, -0.1) is 0 Å². The molecule has 2 nitrogen and oxygen atoms in total. The monoisotopic (exact) mass is 234 g/mol. The average molecular weight is 235 g/mol. The highest BCUT2D eigenvalue weighted by Gasteiger charge is 2.13. The Morgan fingerprint density at radius 2 is 2.19 bits per heavy atom. The first kappa shape index (κ1) is 10.2. The van der Waals surface area contributed by atoms with Gasteiger partial charge >= 0.3 is 0 Å². The summed E-state index contributed by atoms with van der Waals surface area (Å²) in [5, 5.41) is 2.11. The molecule has 1 N–H and O–H groups in total.